The molecule has 0 unspecified atom stereocenters. The Morgan fingerprint density at radius 3 is 2.91 bits per heavy atom. The summed E-state index contributed by atoms with van der Waals surface area (Å²) in [6.07, 6.45) is 4.91. The van der Waals surface area contributed by atoms with Crippen LogP contribution in [0.25, 0.3) is 0 Å². The minimum atomic E-state index is 1.10. The predicted molar refractivity (Wildman–Crippen MR) is 50.0 cm³/mol. The average Bonchev–Trinajstić information content (AvgIpc) is 2.06. The number of aryl methyl sites for hydroxylation is 1. The minimum absolute atomic E-state index is 1.10. The molecule has 0 saturated heterocycles. The molecule has 60 valence electrons. The van der Waals surface area contributed by atoms with Crippen molar-refractivity contribution in [1.29, 1.82) is 0 Å². The Morgan fingerprint density at radius 1 is 1.45 bits per heavy atom. The second-order valence-corrected chi connectivity index (χ2v) is 3.58. The van der Waals surface area contributed by atoms with Crippen molar-refractivity contribution in [3.8, 4) is 0 Å². The second-order valence-electron chi connectivity index (χ2n) is 2.27. The zero-order valence-corrected chi connectivity index (χ0v) is 7.82. The van der Waals surface area contributed by atoms with Gasteiger partial charge in [-0.3, -0.25) is 4.98 Å². The molecule has 0 radical (unpaired) electrons. The van der Waals surface area contributed by atoms with Crippen molar-refractivity contribution in [2.45, 2.75) is 25.2 Å². The lowest BCUT2D eigenvalue weighted by molar-refractivity contribution is 1.05. The highest BCUT2D eigenvalue weighted by atomic mass is 32.2. The van der Waals surface area contributed by atoms with Crippen LogP contribution >= 0.6 is 11.8 Å². The number of rotatable bonds is 3. The SMILES string of the molecule is CCSc1cnccc1CC. The molecule has 1 heterocycles. The Morgan fingerprint density at radius 2 is 2.27 bits per heavy atom. The third-order valence-electron chi connectivity index (χ3n) is 1.55. The fourth-order valence-electron chi connectivity index (χ4n) is 0.986. The molecule has 0 saturated carbocycles. The lowest BCUT2D eigenvalue weighted by Crippen LogP contribution is -1.86. The van der Waals surface area contributed by atoms with Crippen molar-refractivity contribution in [3.63, 3.8) is 0 Å². The van der Waals surface area contributed by atoms with E-state index in [0.29, 0.717) is 0 Å². The summed E-state index contributed by atoms with van der Waals surface area (Å²) in [7, 11) is 0. The van der Waals surface area contributed by atoms with Crippen molar-refractivity contribution >= 4 is 11.8 Å². The van der Waals surface area contributed by atoms with Crippen molar-refractivity contribution in [3.05, 3.63) is 24.0 Å². The van der Waals surface area contributed by atoms with Gasteiger partial charge in [-0.25, -0.2) is 0 Å². The van der Waals surface area contributed by atoms with Gasteiger partial charge in [0.2, 0.25) is 0 Å². The smallest absolute Gasteiger partial charge is 0.0406 e. The third-order valence-corrected chi connectivity index (χ3v) is 2.52. The molecular formula is C9H13NS. The van der Waals surface area contributed by atoms with Crippen LogP contribution in [-0.2, 0) is 6.42 Å². The van der Waals surface area contributed by atoms with Crippen molar-refractivity contribution in [2.75, 3.05) is 5.75 Å². The van der Waals surface area contributed by atoms with Crippen molar-refractivity contribution in [1.82, 2.24) is 4.98 Å². The quantitative estimate of drug-likeness (QED) is 0.642. The number of hydrogen-bond donors (Lipinski definition) is 0. The van der Waals surface area contributed by atoms with Gasteiger partial charge < -0.3 is 0 Å². The van der Waals surface area contributed by atoms with E-state index in [2.05, 4.69) is 24.9 Å². The van der Waals surface area contributed by atoms with Gasteiger partial charge in [0.05, 0.1) is 0 Å². The summed E-state index contributed by atoms with van der Waals surface area (Å²) >= 11 is 1.86. The summed E-state index contributed by atoms with van der Waals surface area (Å²) in [5.41, 5.74) is 1.41. The van der Waals surface area contributed by atoms with Gasteiger partial charge in [0.1, 0.15) is 0 Å². The summed E-state index contributed by atoms with van der Waals surface area (Å²) < 4.78 is 0. The Kier molecular flexibility index (Phi) is 3.43. The van der Waals surface area contributed by atoms with Gasteiger partial charge in [0.25, 0.3) is 0 Å². The largest absolute Gasteiger partial charge is 0.264 e. The molecule has 0 fully saturated rings. The highest BCUT2D eigenvalue weighted by molar-refractivity contribution is 7.99. The molecule has 1 rings (SSSR count). The normalized spacial score (nSPS) is 10.0. The van der Waals surface area contributed by atoms with E-state index in [9.17, 15) is 0 Å². The fraction of sp³-hybridized carbons (Fsp3) is 0.444. The van der Waals surface area contributed by atoms with E-state index < -0.39 is 0 Å². The van der Waals surface area contributed by atoms with E-state index >= 15 is 0 Å². The van der Waals surface area contributed by atoms with E-state index in [4.69, 9.17) is 0 Å². The lowest BCUT2D eigenvalue weighted by atomic mass is 10.2. The Bertz CT molecular complexity index is 223. The average molecular weight is 167 g/mol. The van der Waals surface area contributed by atoms with Gasteiger partial charge in [-0.1, -0.05) is 13.8 Å². The van der Waals surface area contributed by atoms with Crippen molar-refractivity contribution in [2.24, 2.45) is 0 Å². The van der Waals surface area contributed by atoms with E-state index in [1.165, 1.54) is 10.5 Å². The summed E-state index contributed by atoms with van der Waals surface area (Å²) in [6.45, 7) is 4.34. The summed E-state index contributed by atoms with van der Waals surface area (Å²) in [4.78, 5) is 5.42. The molecule has 11 heavy (non-hydrogen) atoms. The summed E-state index contributed by atoms with van der Waals surface area (Å²) in [5.74, 6) is 1.12. The number of nitrogens with zero attached hydrogens (tertiary/aromatic N) is 1. The first-order chi connectivity index (χ1) is 5.38. The first-order valence-electron chi connectivity index (χ1n) is 3.94. The zero-order valence-electron chi connectivity index (χ0n) is 7.00. The highest BCUT2D eigenvalue weighted by Crippen LogP contribution is 2.20. The van der Waals surface area contributed by atoms with Crippen LogP contribution in [0.5, 0.6) is 0 Å². The van der Waals surface area contributed by atoms with Gasteiger partial charge in [0, 0.05) is 17.3 Å². The van der Waals surface area contributed by atoms with Crippen LogP contribution in [0, 0.1) is 0 Å². The maximum absolute atomic E-state index is 4.09. The molecule has 0 aliphatic carbocycles. The van der Waals surface area contributed by atoms with Gasteiger partial charge in [-0.2, -0.15) is 0 Å². The first-order valence-corrected chi connectivity index (χ1v) is 4.92. The van der Waals surface area contributed by atoms with Gasteiger partial charge in [-0.15, -0.1) is 11.8 Å². The maximum Gasteiger partial charge on any atom is 0.0406 e. The van der Waals surface area contributed by atoms with Crippen LogP contribution in [0.1, 0.15) is 19.4 Å². The van der Waals surface area contributed by atoms with Crippen LogP contribution in [-0.4, -0.2) is 10.7 Å². The van der Waals surface area contributed by atoms with E-state index in [1.54, 1.807) is 0 Å². The number of hydrogen-bond acceptors (Lipinski definition) is 2. The molecule has 0 aliphatic rings. The first kappa shape index (κ1) is 8.60. The van der Waals surface area contributed by atoms with Crippen LogP contribution in [0.4, 0.5) is 0 Å². The standard InChI is InChI=1S/C9H13NS/c1-3-8-5-6-10-7-9(8)11-4-2/h5-7H,3-4H2,1-2H3. The van der Waals surface area contributed by atoms with Crippen molar-refractivity contribution < 1.29 is 0 Å². The zero-order chi connectivity index (χ0) is 8.10. The van der Waals surface area contributed by atoms with Crippen LogP contribution in [0.3, 0.4) is 0 Å². The molecule has 0 atom stereocenters. The monoisotopic (exact) mass is 167 g/mol. The molecule has 0 aliphatic heterocycles. The molecule has 2 heteroatoms. The van der Waals surface area contributed by atoms with Crippen LogP contribution in [0.15, 0.2) is 23.4 Å². The van der Waals surface area contributed by atoms with Gasteiger partial charge in [-0.05, 0) is 23.8 Å². The highest BCUT2D eigenvalue weighted by Gasteiger charge is 1.97. The molecule has 1 aromatic rings. The summed E-state index contributed by atoms with van der Waals surface area (Å²) in [5, 5.41) is 0. The molecule has 0 bridgehead atoms. The molecule has 1 nitrogen and oxygen atoms in total. The Labute approximate surface area is 72.2 Å². The number of pyridine rings is 1. The maximum atomic E-state index is 4.09. The fourth-order valence-corrected chi connectivity index (χ4v) is 1.83. The molecule has 0 N–H and O–H groups in total. The van der Waals surface area contributed by atoms with E-state index in [0.717, 1.165) is 12.2 Å². The second kappa shape index (κ2) is 4.39. The molecule has 0 amide bonds. The number of thioether (sulfide) groups is 1. The van der Waals surface area contributed by atoms with E-state index in [1.807, 2.05) is 24.2 Å². The Hall–Kier alpha value is -0.500. The summed E-state index contributed by atoms with van der Waals surface area (Å²) in [6, 6.07) is 2.10. The topological polar surface area (TPSA) is 12.9 Å². The number of aromatic nitrogens is 1. The molecule has 1 aromatic heterocycles. The van der Waals surface area contributed by atoms with Gasteiger partial charge in [0.15, 0.2) is 0 Å². The minimum Gasteiger partial charge on any atom is -0.264 e. The molecule has 0 spiro atoms. The third kappa shape index (κ3) is 2.22. The predicted octanol–water partition coefficient (Wildman–Crippen LogP) is 2.76. The molecule has 0 aromatic carbocycles. The van der Waals surface area contributed by atoms with Crippen LogP contribution < -0.4 is 0 Å². The lowest BCUT2D eigenvalue weighted by Gasteiger charge is -2.03. The van der Waals surface area contributed by atoms with Crippen LogP contribution in [0.2, 0.25) is 0 Å². The van der Waals surface area contributed by atoms with Gasteiger partial charge >= 0.3 is 0 Å². The molecular weight excluding hydrogens is 154 g/mol. The Balaban J connectivity index is 2.83. The van der Waals surface area contributed by atoms with E-state index in [-0.39, 0.29) is 0 Å².